The normalized spacial score (nSPS) is 22.0. The third-order valence-electron chi connectivity index (χ3n) is 4.49. The highest BCUT2D eigenvalue weighted by atomic mass is 16.6. The Morgan fingerprint density at radius 1 is 1.24 bits per heavy atom. The van der Waals surface area contributed by atoms with Crippen molar-refractivity contribution in [1.29, 1.82) is 0 Å². The van der Waals surface area contributed by atoms with E-state index >= 15 is 0 Å². The van der Waals surface area contributed by atoms with Gasteiger partial charge in [0.05, 0.1) is 11.5 Å². The number of rotatable bonds is 6. The summed E-state index contributed by atoms with van der Waals surface area (Å²) in [6.45, 7) is 4.52. The summed E-state index contributed by atoms with van der Waals surface area (Å²) in [5.74, 6) is 1.70. The van der Waals surface area contributed by atoms with Gasteiger partial charge in [-0.1, -0.05) is 25.8 Å². The molecule has 0 radical (unpaired) electrons. The molecule has 2 rings (SSSR count). The van der Waals surface area contributed by atoms with Gasteiger partial charge in [0.2, 0.25) is 0 Å². The van der Waals surface area contributed by atoms with Gasteiger partial charge in [-0.2, -0.15) is 0 Å². The first-order chi connectivity index (χ1) is 10.2. The van der Waals surface area contributed by atoms with Crippen molar-refractivity contribution in [2.75, 3.05) is 6.61 Å². The van der Waals surface area contributed by atoms with E-state index in [1.807, 2.05) is 13.0 Å². The molecule has 1 saturated carbocycles. The first-order valence-corrected chi connectivity index (χ1v) is 8.06. The Labute approximate surface area is 126 Å². The van der Waals surface area contributed by atoms with Crippen molar-refractivity contribution >= 4 is 5.69 Å². The maximum absolute atomic E-state index is 11.2. The smallest absolute Gasteiger partial charge is 0.311 e. The lowest BCUT2D eigenvalue weighted by Crippen LogP contribution is -2.13. The van der Waals surface area contributed by atoms with E-state index in [1.165, 1.54) is 25.7 Å². The number of benzene rings is 1. The molecule has 0 aromatic heterocycles. The number of ether oxygens (including phenoxy) is 1. The lowest BCUT2D eigenvalue weighted by molar-refractivity contribution is -0.385. The van der Waals surface area contributed by atoms with Crippen LogP contribution in [0.1, 0.15) is 63.9 Å². The van der Waals surface area contributed by atoms with Gasteiger partial charge < -0.3 is 4.74 Å². The second-order valence-electron chi connectivity index (χ2n) is 5.92. The van der Waals surface area contributed by atoms with E-state index in [4.69, 9.17) is 4.74 Å². The lowest BCUT2D eigenvalue weighted by Gasteiger charge is -2.28. The fourth-order valence-electron chi connectivity index (χ4n) is 3.40. The predicted octanol–water partition coefficient (Wildman–Crippen LogP) is 5.07. The minimum Gasteiger partial charge on any atom is -0.487 e. The summed E-state index contributed by atoms with van der Waals surface area (Å²) in [4.78, 5) is 10.9. The average Bonchev–Trinajstić information content (AvgIpc) is 2.49. The van der Waals surface area contributed by atoms with Crippen LogP contribution in [-0.4, -0.2) is 11.5 Å². The summed E-state index contributed by atoms with van der Waals surface area (Å²) in [5.41, 5.74) is 1.20. The monoisotopic (exact) mass is 291 g/mol. The van der Waals surface area contributed by atoms with Gasteiger partial charge in [0.25, 0.3) is 0 Å². The molecule has 0 bridgehead atoms. The molecular formula is C17H25NO3. The number of nitro benzene ring substituents is 1. The molecule has 116 valence electrons. The van der Waals surface area contributed by atoms with Crippen LogP contribution in [0.4, 0.5) is 5.69 Å². The largest absolute Gasteiger partial charge is 0.487 e. The molecule has 1 aromatic rings. The van der Waals surface area contributed by atoms with Crippen LogP contribution in [0.15, 0.2) is 18.2 Å². The van der Waals surface area contributed by atoms with Crippen LogP contribution in [0.3, 0.4) is 0 Å². The van der Waals surface area contributed by atoms with Crippen LogP contribution in [0.2, 0.25) is 0 Å². The van der Waals surface area contributed by atoms with Gasteiger partial charge in [-0.25, -0.2) is 0 Å². The fraction of sp³-hybridized carbons (Fsp3) is 0.647. The SMILES string of the molecule is CCCC1CCC(c2ccc(OCC)c([N+](=O)[O-])c2)CC1. The Morgan fingerprint density at radius 3 is 2.52 bits per heavy atom. The highest BCUT2D eigenvalue weighted by Crippen LogP contribution is 2.40. The van der Waals surface area contributed by atoms with Crippen molar-refractivity contribution < 1.29 is 9.66 Å². The molecule has 4 heteroatoms. The molecule has 1 fully saturated rings. The number of hydrogen-bond acceptors (Lipinski definition) is 3. The standard InChI is InChI=1S/C17H25NO3/c1-3-5-13-6-8-14(9-7-13)15-10-11-17(21-4-2)16(12-15)18(19)20/h10-14H,3-9H2,1-2H3. The van der Waals surface area contributed by atoms with Gasteiger partial charge in [-0.3, -0.25) is 10.1 Å². The molecule has 1 aliphatic rings. The van der Waals surface area contributed by atoms with E-state index in [2.05, 4.69) is 6.92 Å². The van der Waals surface area contributed by atoms with E-state index < -0.39 is 0 Å². The van der Waals surface area contributed by atoms with Crippen LogP contribution >= 0.6 is 0 Å². The zero-order valence-electron chi connectivity index (χ0n) is 13.0. The Kier molecular flexibility index (Phi) is 5.59. The Balaban J connectivity index is 2.10. The van der Waals surface area contributed by atoms with E-state index in [1.54, 1.807) is 12.1 Å². The van der Waals surface area contributed by atoms with Crippen molar-refractivity contribution in [2.45, 2.75) is 58.3 Å². The summed E-state index contributed by atoms with van der Waals surface area (Å²) >= 11 is 0. The van der Waals surface area contributed by atoms with Gasteiger partial charge in [-0.05, 0) is 56.1 Å². The fourth-order valence-corrected chi connectivity index (χ4v) is 3.40. The van der Waals surface area contributed by atoms with E-state index in [0.717, 1.165) is 24.3 Å². The second kappa shape index (κ2) is 7.43. The predicted molar refractivity (Wildman–Crippen MR) is 83.9 cm³/mol. The summed E-state index contributed by atoms with van der Waals surface area (Å²) in [5, 5.41) is 11.2. The molecule has 4 nitrogen and oxygen atoms in total. The van der Waals surface area contributed by atoms with Crippen molar-refractivity contribution in [1.82, 2.24) is 0 Å². The zero-order valence-corrected chi connectivity index (χ0v) is 13.0. The summed E-state index contributed by atoms with van der Waals surface area (Å²) in [6.07, 6.45) is 7.37. The summed E-state index contributed by atoms with van der Waals surface area (Å²) in [6, 6.07) is 5.48. The van der Waals surface area contributed by atoms with Crippen molar-refractivity contribution in [3.05, 3.63) is 33.9 Å². The Bertz CT molecular complexity index is 479. The third kappa shape index (κ3) is 3.96. The molecule has 1 aliphatic carbocycles. The molecular weight excluding hydrogens is 266 g/mol. The lowest BCUT2D eigenvalue weighted by atomic mass is 9.77. The molecule has 0 heterocycles. The number of nitro groups is 1. The van der Waals surface area contributed by atoms with Crippen LogP contribution in [-0.2, 0) is 0 Å². The van der Waals surface area contributed by atoms with Crippen molar-refractivity contribution in [2.24, 2.45) is 5.92 Å². The first-order valence-electron chi connectivity index (χ1n) is 8.06. The van der Waals surface area contributed by atoms with Gasteiger partial charge in [0.1, 0.15) is 0 Å². The zero-order chi connectivity index (χ0) is 15.2. The Hall–Kier alpha value is -1.58. The molecule has 0 unspecified atom stereocenters. The molecule has 21 heavy (non-hydrogen) atoms. The van der Waals surface area contributed by atoms with E-state index in [-0.39, 0.29) is 10.6 Å². The van der Waals surface area contributed by atoms with Crippen LogP contribution in [0.25, 0.3) is 0 Å². The number of hydrogen-bond donors (Lipinski definition) is 0. The maximum atomic E-state index is 11.2. The first kappa shape index (κ1) is 15.8. The quantitative estimate of drug-likeness (QED) is 0.543. The molecule has 0 saturated heterocycles. The van der Waals surface area contributed by atoms with Gasteiger partial charge in [-0.15, -0.1) is 0 Å². The Morgan fingerprint density at radius 2 is 1.95 bits per heavy atom. The molecule has 1 aromatic carbocycles. The summed E-state index contributed by atoms with van der Waals surface area (Å²) in [7, 11) is 0. The third-order valence-corrected chi connectivity index (χ3v) is 4.49. The minimum absolute atomic E-state index is 0.102. The second-order valence-corrected chi connectivity index (χ2v) is 5.92. The topological polar surface area (TPSA) is 52.4 Å². The van der Waals surface area contributed by atoms with Gasteiger partial charge in [0, 0.05) is 6.07 Å². The minimum atomic E-state index is -0.336. The van der Waals surface area contributed by atoms with Gasteiger partial charge >= 0.3 is 5.69 Å². The number of nitrogens with zero attached hydrogens (tertiary/aromatic N) is 1. The van der Waals surface area contributed by atoms with Crippen LogP contribution in [0, 0.1) is 16.0 Å². The van der Waals surface area contributed by atoms with Crippen molar-refractivity contribution in [3.8, 4) is 5.75 Å². The highest BCUT2D eigenvalue weighted by molar-refractivity contribution is 5.49. The van der Waals surface area contributed by atoms with E-state index in [9.17, 15) is 10.1 Å². The molecule has 0 aliphatic heterocycles. The van der Waals surface area contributed by atoms with E-state index in [0.29, 0.717) is 18.3 Å². The van der Waals surface area contributed by atoms with Gasteiger partial charge in [0.15, 0.2) is 5.75 Å². The van der Waals surface area contributed by atoms with Crippen LogP contribution < -0.4 is 4.74 Å². The molecule has 0 atom stereocenters. The van der Waals surface area contributed by atoms with Crippen LogP contribution in [0.5, 0.6) is 5.75 Å². The summed E-state index contributed by atoms with van der Waals surface area (Å²) < 4.78 is 5.35. The molecule has 0 spiro atoms. The maximum Gasteiger partial charge on any atom is 0.311 e. The average molecular weight is 291 g/mol. The van der Waals surface area contributed by atoms with Crippen molar-refractivity contribution in [3.63, 3.8) is 0 Å². The molecule has 0 amide bonds. The highest BCUT2D eigenvalue weighted by Gasteiger charge is 2.24. The molecule has 0 N–H and O–H groups in total.